The molecule has 0 heterocycles. The minimum Gasteiger partial charge on any atom is -0.308 e. The van der Waals surface area contributed by atoms with Crippen LogP contribution in [0.5, 0.6) is 0 Å². The highest BCUT2D eigenvalue weighted by Gasteiger charge is 2.28. The molecule has 154 valence electrons. The van der Waals surface area contributed by atoms with Gasteiger partial charge >= 0.3 is 0 Å². The van der Waals surface area contributed by atoms with Gasteiger partial charge in [-0.05, 0) is 37.0 Å². The van der Waals surface area contributed by atoms with E-state index in [0.29, 0.717) is 12.8 Å². The van der Waals surface area contributed by atoms with Crippen molar-refractivity contribution in [3.8, 4) is 0 Å². The summed E-state index contributed by atoms with van der Waals surface area (Å²) in [6.45, 7) is 0.0372. The van der Waals surface area contributed by atoms with Gasteiger partial charge in [0.25, 0.3) is 0 Å². The van der Waals surface area contributed by atoms with Crippen LogP contribution in [0.4, 0.5) is 5.69 Å². The van der Waals surface area contributed by atoms with Crippen LogP contribution in [0.15, 0.2) is 60.7 Å². The summed E-state index contributed by atoms with van der Waals surface area (Å²) in [5.41, 5.74) is 4.95. The predicted octanol–water partition coefficient (Wildman–Crippen LogP) is 3.95. The number of hydrogen-bond donors (Lipinski definition) is 1. The molecule has 2 amide bonds. The van der Waals surface area contributed by atoms with Crippen LogP contribution in [0.2, 0.25) is 0 Å². The first-order valence-corrected chi connectivity index (χ1v) is 10.6. The Labute approximate surface area is 173 Å². The molecule has 1 N–H and O–H groups in total. The molecule has 29 heavy (non-hydrogen) atoms. The SMILES string of the molecule is CNN(CC(=O)N(c1ccccc1)C1CCCCC1)C(=O)CCc1ccccc1. The van der Waals surface area contributed by atoms with Crippen LogP contribution >= 0.6 is 0 Å². The lowest BCUT2D eigenvalue weighted by Gasteiger charge is -2.35. The topological polar surface area (TPSA) is 52.7 Å². The van der Waals surface area contributed by atoms with Gasteiger partial charge < -0.3 is 4.90 Å². The highest BCUT2D eigenvalue weighted by atomic mass is 16.2. The van der Waals surface area contributed by atoms with Gasteiger partial charge in [-0.25, -0.2) is 5.43 Å². The fourth-order valence-electron chi connectivity index (χ4n) is 4.02. The number of carbonyl (C=O) groups is 2. The number of carbonyl (C=O) groups excluding carboxylic acids is 2. The number of aryl methyl sites for hydroxylation is 1. The van der Waals surface area contributed by atoms with Crippen LogP contribution in [-0.4, -0.2) is 36.5 Å². The molecule has 2 aromatic rings. The summed E-state index contributed by atoms with van der Waals surface area (Å²) in [5.74, 6) is -0.105. The molecule has 0 saturated heterocycles. The Morgan fingerprint density at radius 3 is 2.14 bits per heavy atom. The van der Waals surface area contributed by atoms with E-state index in [-0.39, 0.29) is 24.4 Å². The zero-order chi connectivity index (χ0) is 20.5. The number of benzene rings is 2. The number of nitrogens with one attached hydrogen (secondary N) is 1. The number of para-hydroxylation sites is 1. The number of amides is 2. The molecular weight excluding hydrogens is 362 g/mol. The van der Waals surface area contributed by atoms with Crippen LogP contribution in [0.1, 0.15) is 44.1 Å². The van der Waals surface area contributed by atoms with Crippen molar-refractivity contribution in [3.63, 3.8) is 0 Å². The third-order valence-electron chi connectivity index (χ3n) is 5.58. The molecule has 0 spiro atoms. The quantitative estimate of drug-likeness (QED) is 0.691. The average Bonchev–Trinajstić information content (AvgIpc) is 2.78. The lowest BCUT2D eigenvalue weighted by molar-refractivity contribution is -0.138. The minimum atomic E-state index is -0.0682. The van der Waals surface area contributed by atoms with Gasteiger partial charge in [0.15, 0.2) is 0 Å². The molecule has 3 rings (SSSR count). The summed E-state index contributed by atoms with van der Waals surface area (Å²) in [6, 6.07) is 20.0. The molecule has 0 aromatic heterocycles. The first-order chi connectivity index (χ1) is 14.2. The Kier molecular flexibility index (Phi) is 7.82. The highest BCUT2D eigenvalue weighted by Crippen LogP contribution is 2.27. The lowest BCUT2D eigenvalue weighted by Crippen LogP contribution is -2.51. The van der Waals surface area contributed by atoms with Crippen LogP contribution in [-0.2, 0) is 16.0 Å². The van der Waals surface area contributed by atoms with Gasteiger partial charge in [0.05, 0.1) is 0 Å². The summed E-state index contributed by atoms with van der Waals surface area (Å²) < 4.78 is 0. The zero-order valence-corrected chi connectivity index (χ0v) is 17.2. The lowest BCUT2D eigenvalue weighted by atomic mass is 9.93. The van der Waals surface area contributed by atoms with Crippen molar-refractivity contribution in [2.45, 2.75) is 51.0 Å². The summed E-state index contributed by atoms with van der Waals surface area (Å²) in [4.78, 5) is 27.9. The number of rotatable bonds is 8. The second-order valence-electron chi connectivity index (χ2n) is 7.58. The Morgan fingerprint density at radius 2 is 1.52 bits per heavy atom. The van der Waals surface area contributed by atoms with Crippen LogP contribution in [0.3, 0.4) is 0 Å². The maximum absolute atomic E-state index is 13.3. The van der Waals surface area contributed by atoms with Crippen LogP contribution in [0.25, 0.3) is 0 Å². The van der Waals surface area contributed by atoms with Crippen molar-refractivity contribution in [2.75, 3.05) is 18.5 Å². The van der Waals surface area contributed by atoms with Gasteiger partial charge in [0, 0.05) is 25.2 Å². The van der Waals surface area contributed by atoms with Crippen molar-refractivity contribution < 1.29 is 9.59 Å². The maximum Gasteiger partial charge on any atom is 0.248 e. The largest absolute Gasteiger partial charge is 0.308 e. The molecule has 0 atom stereocenters. The normalized spacial score (nSPS) is 14.4. The average molecular weight is 394 g/mol. The van der Waals surface area contributed by atoms with Crippen LogP contribution in [0, 0.1) is 0 Å². The van der Waals surface area contributed by atoms with Gasteiger partial charge in [-0.3, -0.25) is 14.6 Å². The van der Waals surface area contributed by atoms with Crippen molar-refractivity contribution in [3.05, 3.63) is 66.2 Å². The van der Waals surface area contributed by atoms with E-state index in [0.717, 1.165) is 36.9 Å². The molecule has 1 aliphatic carbocycles. The molecule has 1 fully saturated rings. The van der Waals surface area contributed by atoms with E-state index in [2.05, 4.69) is 5.43 Å². The smallest absolute Gasteiger partial charge is 0.248 e. The summed E-state index contributed by atoms with van der Waals surface area (Å²) >= 11 is 0. The van der Waals surface area contributed by atoms with E-state index < -0.39 is 0 Å². The van der Waals surface area contributed by atoms with Gasteiger partial charge in [-0.2, -0.15) is 0 Å². The zero-order valence-electron chi connectivity index (χ0n) is 17.2. The Bertz CT molecular complexity index is 773. The van der Waals surface area contributed by atoms with Crippen molar-refractivity contribution >= 4 is 17.5 Å². The van der Waals surface area contributed by atoms with Gasteiger partial charge in [-0.15, -0.1) is 0 Å². The molecule has 5 nitrogen and oxygen atoms in total. The molecular formula is C24H31N3O2. The van der Waals surface area contributed by atoms with E-state index in [1.165, 1.54) is 11.4 Å². The summed E-state index contributed by atoms with van der Waals surface area (Å²) in [6.07, 6.45) is 6.59. The Morgan fingerprint density at radius 1 is 0.897 bits per heavy atom. The fraction of sp³-hybridized carbons (Fsp3) is 0.417. The fourth-order valence-corrected chi connectivity index (χ4v) is 4.02. The Balaban J connectivity index is 1.67. The standard InChI is InChI=1S/C24H31N3O2/c1-25-26(23(28)18-17-20-11-5-2-6-12-20)19-24(29)27(21-13-7-3-8-14-21)22-15-9-4-10-16-22/h2-3,5-8,11-14,22,25H,4,9-10,15-19H2,1H3. The van der Waals surface area contributed by atoms with E-state index in [9.17, 15) is 9.59 Å². The summed E-state index contributed by atoms with van der Waals surface area (Å²) in [7, 11) is 1.70. The maximum atomic E-state index is 13.3. The third kappa shape index (κ3) is 5.91. The van der Waals surface area contributed by atoms with Gasteiger partial charge in [-0.1, -0.05) is 67.8 Å². The molecule has 5 heteroatoms. The van der Waals surface area contributed by atoms with E-state index >= 15 is 0 Å². The molecule has 1 aliphatic rings. The summed E-state index contributed by atoms with van der Waals surface area (Å²) in [5, 5.41) is 1.45. The number of hydrogen-bond acceptors (Lipinski definition) is 3. The number of nitrogens with zero attached hydrogens (tertiary/aromatic N) is 2. The predicted molar refractivity (Wildman–Crippen MR) is 116 cm³/mol. The van der Waals surface area contributed by atoms with E-state index in [1.807, 2.05) is 65.6 Å². The molecule has 1 saturated carbocycles. The van der Waals surface area contributed by atoms with Gasteiger partial charge in [0.1, 0.15) is 6.54 Å². The monoisotopic (exact) mass is 393 g/mol. The molecule has 2 aromatic carbocycles. The molecule has 0 aliphatic heterocycles. The van der Waals surface area contributed by atoms with Crippen molar-refractivity contribution in [1.29, 1.82) is 0 Å². The second kappa shape index (κ2) is 10.8. The van der Waals surface area contributed by atoms with Crippen molar-refractivity contribution in [1.82, 2.24) is 10.4 Å². The number of anilines is 1. The van der Waals surface area contributed by atoms with Crippen molar-refractivity contribution in [2.24, 2.45) is 0 Å². The third-order valence-corrected chi connectivity index (χ3v) is 5.58. The Hall–Kier alpha value is -2.66. The first-order valence-electron chi connectivity index (χ1n) is 10.6. The van der Waals surface area contributed by atoms with Crippen LogP contribution < -0.4 is 10.3 Å². The number of hydrazine groups is 1. The highest BCUT2D eigenvalue weighted by molar-refractivity contribution is 5.97. The molecule has 0 unspecified atom stereocenters. The molecule has 0 bridgehead atoms. The van der Waals surface area contributed by atoms with E-state index in [4.69, 9.17) is 0 Å². The minimum absolute atomic E-state index is 0.0366. The first kappa shape index (κ1) is 21.1. The second-order valence-corrected chi connectivity index (χ2v) is 7.58. The van der Waals surface area contributed by atoms with E-state index in [1.54, 1.807) is 7.05 Å². The molecule has 0 radical (unpaired) electrons. The van der Waals surface area contributed by atoms with Gasteiger partial charge in [0.2, 0.25) is 11.8 Å².